The normalized spacial score (nSPS) is 23.1. The number of esters is 2. The summed E-state index contributed by atoms with van der Waals surface area (Å²) >= 11 is 0. The van der Waals surface area contributed by atoms with Gasteiger partial charge in [-0.2, -0.15) is 0 Å². The molecule has 0 aromatic carbocycles. The Bertz CT molecular complexity index is 518. The second-order valence-corrected chi connectivity index (χ2v) is 6.68. The number of ether oxygens (including phenoxy) is 2. The fourth-order valence-corrected chi connectivity index (χ4v) is 3.10. The van der Waals surface area contributed by atoms with E-state index in [0.717, 1.165) is 12.0 Å². The molecular formula is C19H30O5. The number of cyclic esters (lactones) is 1. The van der Waals surface area contributed by atoms with E-state index in [4.69, 9.17) is 9.47 Å². The van der Waals surface area contributed by atoms with Gasteiger partial charge >= 0.3 is 11.9 Å². The van der Waals surface area contributed by atoms with Gasteiger partial charge in [-0.3, -0.25) is 4.79 Å². The maximum Gasteiger partial charge on any atom is 0.337 e. The average Bonchev–Trinajstić information content (AvgIpc) is 2.52. The van der Waals surface area contributed by atoms with Crippen LogP contribution in [0.1, 0.15) is 53.4 Å². The summed E-state index contributed by atoms with van der Waals surface area (Å²) in [6, 6.07) is 0. The molecule has 1 heterocycles. The number of hydrogen-bond acceptors (Lipinski definition) is 5. The summed E-state index contributed by atoms with van der Waals surface area (Å²) in [6.45, 7) is 7.92. The highest BCUT2D eigenvalue weighted by atomic mass is 16.6. The Kier molecular flexibility index (Phi) is 8.19. The monoisotopic (exact) mass is 338 g/mol. The van der Waals surface area contributed by atoms with Gasteiger partial charge in [-0.15, -0.1) is 0 Å². The van der Waals surface area contributed by atoms with E-state index in [-0.39, 0.29) is 6.61 Å². The van der Waals surface area contributed by atoms with Crippen LogP contribution in [0, 0.1) is 11.8 Å². The van der Waals surface area contributed by atoms with Crippen molar-refractivity contribution in [2.24, 2.45) is 11.8 Å². The fraction of sp³-hybridized carbons (Fsp3) is 0.684. The minimum Gasteiger partial charge on any atom is -0.466 e. The molecule has 0 aliphatic carbocycles. The lowest BCUT2D eigenvalue weighted by atomic mass is 9.87. The molecule has 1 aliphatic heterocycles. The number of aliphatic hydroxyl groups excluding tert-OH is 1. The van der Waals surface area contributed by atoms with Crippen LogP contribution >= 0.6 is 0 Å². The average molecular weight is 338 g/mol. The van der Waals surface area contributed by atoms with Crippen LogP contribution in [0.25, 0.3) is 0 Å². The molecule has 1 saturated heterocycles. The van der Waals surface area contributed by atoms with Crippen LogP contribution in [0.2, 0.25) is 0 Å². The number of methoxy groups -OCH3 is 1. The standard InChI is InChI=1S/C19H30O5/c1-6-7-8-12(2)9-13(3)10-14(4)16(19(22)23-5)17-15(11-20)18(21)24-17/h10,12,15,17,20H,6-9,11H2,1-5H3. The number of aliphatic hydroxyl groups is 1. The molecule has 0 bridgehead atoms. The molecule has 0 aromatic rings. The van der Waals surface area contributed by atoms with Gasteiger partial charge in [0.25, 0.3) is 0 Å². The van der Waals surface area contributed by atoms with E-state index in [1.54, 1.807) is 0 Å². The van der Waals surface area contributed by atoms with E-state index < -0.39 is 24.0 Å². The first-order valence-corrected chi connectivity index (χ1v) is 8.63. The zero-order valence-electron chi connectivity index (χ0n) is 15.4. The van der Waals surface area contributed by atoms with Crippen LogP contribution in [0.5, 0.6) is 0 Å². The number of carbonyl (C=O) groups is 2. The molecule has 0 spiro atoms. The molecule has 0 saturated carbocycles. The zero-order valence-corrected chi connectivity index (χ0v) is 15.4. The molecule has 3 atom stereocenters. The molecule has 5 heteroatoms. The highest BCUT2D eigenvalue weighted by Gasteiger charge is 2.47. The van der Waals surface area contributed by atoms with Crippen LogP contribution in [0.15, 0.2) is 22.8 Å². The van der Waals surface area contributed by atoms with Crippen molar-refractivity contribution >= 4 is 11.9 Å². The number of rotatable bonds is 9. The summed E-state index contributed by atoms with van der Waals surface area (Å²) in [5, 5.41) is 9.30. The van der Waals surface area contributed by atoms with Crippen molar-refractivity contribution in [1.29, 1.82) is 0 Å². The summed E-state index contributed by atoms with van der Waals surface area (Å²) in [7, 11) is 1.30. The molecule has 24 heavy (non-hydrogen) atoms. The molecule has 1 fully saturated rings. The number of allylic oxidation sites excluding steroid dienone is 3. The highest BCUT2D eigenvalue weighted by molar-refractivity contribution is 5.95. The maximum atomic E-state index is 12.1. The third-order valence-corrected chi connectivity index (χ3v) is 4.41. The second kappa shape index (κ2) is 9.62. The van der Waals surface area contributed by atoms with Crippen LogP contribution in [0.4, 0.5) is 0 Å². The first kappa shape index (κ1) is 20.4. The predicted molar refractivity (Wildman–Crippen MR) is 92.2 cm³/mol. The Balaban J connectivity index is 2.95. The topological polar surface area (TPSA) is 72.8 Å². The molecule has 0 radical (unpaired) electrons. The summed E-state index contributed by atoms with van der Waals surface area (Å²) in [5.41, 5.74) is 2.21. The van der Waals surface area contributed by atoms with Crippen molar-refractivity contribution in [3.8, 4) is 0 Å². The zero-order chi connectivity index (χ0) is 18.3. The van der Waals surface area contributed by atoms with Crippen molar-refractivity contribution in [3.63, 3.8) is 0 Å². The van der Waals surface area contributed by atoms with E-state index in [1.807, 2.05) is 19.9 Å². The number of hydrogen-bond donors (Lipinski definition) is 1. The fourth-order valence-electron chi connectivity index (χ4n) is 3.10. The van der Waals surface area contributed by atoms with Gasteiger partial charge < -0.3 is 14.6 Å². The molecule has 1 aliphatic rings. The van der Waals surface area contributed by atoms with Crippen LogP contribution in [0.3, 0.4) is 0 Å². The van der Waals surface area contributed by atoms with E-state index in [2.05, 4.69) is 13.8 Å². The summed E-state index contributed by atoms with van der Waals surface area (Å²) in [6.07, 6.45) is 5.77. The van der Waals surface area contributed by atoms with Crippen LogP contribution in [-0.2, 0) is 19.1 Å². The highest BCUT2D eigenvalue weighted by Crippen LogP contribution is 2.31. The van der Waals surface area contributed by atoms with E-state index in [9.17, 15) is 14.7 Å². The lowest BCUT2D eigenvalue weighted by Crippen LogP contribution is -2.50. The Morgan fingerprint density at radius 2 is 2.08 bits per heavy atom. The molecule has 0 amide bonds. The van der Waals surface area contributed by atoms with Crippen molar-refractivity contribution in [3.05, 3.63) is 22.8 Å². The molecule has 1 rings (SSSR count). The van der Waals surface area contributed by atoms with Gasteiger partial charge in [-0.05, 0) is 31.8 Å². The number of carbonyl (C=O) groups excluding carboxylic acids is 2. The molecule has 0 aromatic heterocycles. The largest absolute Gasteiger partial charge is 0.466 e. The third kappa shape index (κ3) is 5.20. The van der Waals surface area contributed by atoms with E-state index in [0.29, 0.717) is 11.5 Å². The lowest BCUT2D eigenvalue weighted by Gasteiger charge is -2.35. The van der Waals surface area contributed by atoms with Gasteiger partial charge in [0.2, 0.25) is 0 Å². The summed E-state index contributed by atoms with van der Waals surface area (Å²) < 4.78 is 9.91. The smallest absolute Gasteiger partial charge is 0.337 e. The Morgan fingerprint density at radius 3 is 2.58 bits per heavy atom. The molecular weight excluding hydrogens is 308 g/mol. The van der Waals surface area contributed by atoms with Gasteiger partial charge in [0.15, 0.2) is 0 Å². The molecule has 5 nitrogen and oxygen atoms in total. The SMILES string of the molecule is CCCCC(C)CC(C)=CC(C)=C(C(=O)OC)C1OC(=O)C1CO. The maximum absolute atomic E-state index is 12.1. The van der Waals surface area contributed by atoms with Gasteiger partial charge in [-0.25, -0.2) is 4.79 Å². The van der Waals surface area contributed by atoms with Crippen molar-refractivity contribution in [2.75, 3.05) is 13.7 Å². The van der Waals surface area contributed by atoms with Crippen molar-refractivity contribution < 1.29 is 24.2 Å². The van der Waals surface area contributed by atoms with E-state index >= 15 is 0 Å². The number of unbranched alkanes of at least 4 members (excludes halogenated alkanes) is 1. The minimum absolute atomic E-state index is 0.316. The van der Waals surface area contributed by atoms with Gasteiger partial charge in [0.1, 0.15) is 12.0 Å². The van der Waals surface area contributed by atoms with Crippen LogP contribution in [-0.4, -0.2) is 36.9 Å². The molecule has 136 valence electrons. The minimum atomic E-state index is -0.725. The van der Waals surface area contributed by atoms with Crippen molar-refractivity contribution in [1.82, 2.24) is 0 Å². The van der Waals surface area contributed by atoms with Gasteiger partial charge in [0, 0.05) is 0 Å². The third-order valence-electron chi connectivity index (χ3n) is 4.41. The van der Waals surface area contributed by atoms with Crippen LogP contribution < -0.4 is 0 Å². The van der Waals surface area contributed by atoms with Crippen molar-refractivity contribution in [2.45, 2.75) is 59.5 Å². The quantitative estimate of drug-likeness (QED) is 0.397. The summed E-state index contributed by atoms with van der Waals surface area (Å²) in [4.78, 5) is 23.5. The Hall–Kier alpha value is -1.62. The lowest BCUT2D eigenvalue weighted by molar-refractivity contribution is -0.184. The van der Waals surface area contributed by atoms with Gasteiger partial charge in [0.05, 0.1) is 19.3 Å². The molecule has 1 N–H and O–H groups in total. The van der Waals surface area contributed by atoms with E-state index in [1.165, 1.54) is 31.9 Å². The van der Waals surface area contributed by atoms with Gasteiger partial charge in [-0.1, -0.05) is 44.8 Å². The molecule has 3 unspecified atom stereocenters. The summed E-state index contributed by atoms with van der Waals surface area (Å²) in [5.74, 6) is -1.11. The first-order valence-electron chi connectivity index (χ1n) is 8.63. The first-order chi connectivity index (χ1) is 11.3. The Labute approximate surface area is 144 Å². The second-order valence-electron chi connectivity index (χ2n) is 6.68. The predicted octanol–water partition coefficient (Wildman–Crippen LogP) is 3.17. The Morgan fingerprint density at radius 1 is 1.42 bits per heavy atom.